The van der Waals surface area contributed by atoms with Crippen LogP contribution < -0.4 is 11.1 Å². The van der Waals surface area contributed by atoms with Crippen molar-refractivity contribution in [3.8, 4) is 0 Å². The highest BCUT2D eigenvalue weighted by atomic mass is 79.9. The van der Waals surface area contributed by atoms with Gasteiger partial charge in [-0.2, -0.15) is 0 Å². The molecule has 4 heteroatoms. The van der Waals surface area contributed by atoms with E-state index in [4.69, 9.17) is 17.3 Å². The number of hydrogen-bond donors (Lipinski definition) is 2. The lowest BCUT2D eigenvalue weighted by Crippen LogP contribution is -1.95. The number of rotatable bonds is 2. The molecule has 0 aliphatic rings. The van der Waals surface area contributed by atoms with E-state index in [-0.39, 0.29) is 0 Å². The topological polar surface area (TPSA) is 38.0 Å². The van der Waals surface area contributed by atoms with E-state index >= 15 is 0 Å². The largest absolute Gasteiger partial charge is 0.399 e. The van der Waals surface area contributed by atoms with E-state index in [1.165, 1.54) is 0 Å². The van der Waals surface area contributed by atoms with Crippen LogP contribution in [0.25, 0.3) is 0 Å². The van der Waals surface area contributed by atoms with Gasteiger partial charge in [0.05, 0.1) is 10.7 Å². The Bertz CT molecular complexity index is 555. The number of aryl methyl sites for hydroxylation is 1. The second-order valence-electron chi connectivity index (χ2n) is 3.82. The molecule has 17 heavy (non-hydrogen) atoms. The zero-order valence-corrected chi connectivity index (χ0v) is 11.6. The molecular formula is C13H12BrClN2. The predicted octanol–water partition coefficient (Wildman–Crippen LogP) is 4.74. The first-order chi connectivity index (χ1) is 8.06. The molecule has 2 aromatic carbocycles. The lowest BCUT2D eigenvalue weighted by molar-refractivity contribution is 1.43. The van der Waals surface area contributed by atoms with Crippen LogP contribution in [0.4, 0.5) is 17.1 Å². The minimum absolute atomic E-state index is 0.668. The molecule has 0 unspecified atom stereocenters. The summed E-state index contributed by atoms with van der Waals surface area (Å²) in [6.45, 7) is 2.02. The van der Waals surface area contributed by atoms with Gasteiger partial charge in [-0.15, -0.1) is 0 Å². The number of halogens is 2. The van der Waals surface area contributed by atoms with Crippen LogP contribution in [0.1, 0.15) is 5.56 Å². The molecule has 2 aromatic rings. The molecular weight excluding hydrogens is 300 g/mol. The summed E-state index contributed by atoms with van der Waals surface area (Å²) in [4.78, 5) is 0. The summed E-state index contributed by atoms with van der Waals surface area (Å²) in [5, 5.41) is 3.94. The third-order valence-corrected chi connectivity index (χ3v) is 3.27. The Kier molecular flexibility index (Phi) is 3.60. The SMILES string of the molecule is Cc1ccc(N)cc1Nc1ccc(Br)cc1Cl. The second kappa shape index (κ2) is 4.98. The van der Waals surface area contributed by atoms with Gasteiger partial charge in [0.1, 0.15) is 0 Å². The molecule has 0 spiro atoms. The van der Waals surface area contributed by atoms with Gasteiger partial charge in [0.2, 0.25) is 0 Å². The fourth-order valence-electron chi connectivity index (χ4n) is 1.51. The molecule has 3 N–H and O–H groups in total. The average molecular weight is 312 g/mol. The van der Waals surface area contributed by atoms with E-state index in [9.17, 15) is 0 Å². The molecule has 0 amide bonds. The Morgan fingerprint density at radius 1 is 1.12 bits per heavy atom. The fraction of sp³-hybridized carbons (Fsp3) is 0.0769. The quantitative estimate of drug-likeness (QED) is 0.786. The number of nitrogens with one attached hydrogen (secondary N) is 1. The van der Waals surface area contributed by atoms with Crippen molar-refractivity contribution < 1.29 is 0 Å². The summed E-state index contributed by atoms with van der Waals surface area (Å²) in [6, 6.07) is 11.5. The molecule has 0 radical (unpaired) electrons. The highest BCUT2D eigenvalue weighted by molar-refractivity contribution is 9.10. The van der Waals surface area contributed by atoms with Gasteiger partial charge < -0.3 is 11.1 Å². The van der Waals surface area contributed by atoms with Gasteiger partial charge in [-0.1, -0.05) is 33.6 Å². The summed E-state index contributed by atoms with van der Waals surface area (Å²) >= 11 is 9.52. The minimum atomic E-state index is 0.668. The highest BCUT2D eigenvalue weighted by Crippen LogP contribution is 2.30. The molecule has 0 fully saturated rings. The van der Waals surface area contributed by atoms with E-state index in [1.807, 2.05) is 43.3 Å². The third kappa shape index (κ3) is 2.93. The number of nitrogen functional groups attached to an aromatic ring is 1. The Balaban J connectivity index is 2.34. The van der Waals surface area contributed by atoms with E-state index in [2.05, 4.69) is 21.2 Å². The Hall–Kier alpha value is -1.19. The van der Waals surface area contributed by atoms with Crippen LogP contribution in [0.3, 0.4) is 0 Å². The fourth-order valence-corrected chi connectivity index (χ4v) is 2.23. The zero-order chi connectivity index (χ0) is 12.4. The van der Waals surface area contributed by atoms with Crippen LogP contribution in [0.15, 0.2) is 40.9 Å². The van der Waals surface area contributed by atoms with Gasteiger partial charge in [0.25, 0.3) is 0 Å². The first-order valence-corrected chi connectivity index (χ1v) is 6.31. The van der Waals surface area contributed by atoms with Gasteiger partial charge in [-0.05, 0) is 42.8 Å². The molecule has 0 atom stereocenters. The zero-order valence-electron chi connectivity index (χ0n) is 9.30. The van der Waals surface area contributed by atoms with Crippen LogP contribution in [-0.2, 0) is 0 Å². The maximum absolute atomic E-state index is 6.15. The van der Waals surface area contributed by atoms with Gasteiger partial charge in [0.15, 0.2) is 0 Å². The van der Waals surface area contributed by atoms with Gasteiger partial charge >= 0.3 is 0 Å². The summed E-state index contributed by atoms with van der Waals surface area (Å²) in [6.07, 6.45) is 0. The van der Waals surface area contributed by atoms with Crippen LogP contribution in [0.2, 0.25) is 5.02 Å². The molecule has 0 aliphatic carbocycles. The Labute approximate surface area is 114 Å². The van der Waals surface area contributed by atoms with Crippen molar-refractivity contribution in [2.24, 2.45) is 0 Å². The van der Waals surface area contributed by atoms with Crippen molar-refractivity contribution in [2.45, 2.75) is 6.92 Å². The standard InChI is InChI=1S/C13H12BrClN2/c1-8-2-4-10(16)7-13(8)17-12-5-3-9(14)6-11(12)15/h2-7,17H,16H2,1H3. The lowest BCUT2D eigenvalue weighted by Gasteiger charge is -2.12. The molecule has 0 saturated heterocycles. The molecule has 0 aromatic heterocycles. The summed E-state index contributed by atoms with van der Waals surface area (Å²) in [7, 11) is 0. The van der Waals surface area contributed by atoms with Gasteiger partial charge in [0, 0.05) is 15.8 Å². The van der Waals surface area contributed by atoms with Crippen molar-refractivity contribution in [3.63, 3.8) is 0 Å². The third-order valence-electron chi connectivity index (χ3n) is 2.46. The summed E-state index contributed by atoms with van der Waals surface area (Å²) < 4.78 is 0.956. The monoisotopic (exact) mass is 310 g/mol. The van der Waals surface area contributed by atoms with E-state index in [0.29, 0.717) is 5.02 Å². The number of hydrogen-bond acceptors (Lipinski definition) is 2. The number of benzene rings is 2. The van der Waals surface area contributed by atoms with Crippen molar-refractivity contribution >= 4 is 44.6 Å². The van der Waals surface area contributed by atoms with Crippen molar-refractivity contribution in [3.05, 3.63) is 51.5 Å². The first kappa shape index (κ1) is 12.3. The summed E-state index contributed by atoms with van der Waals surface area (Å²) in [5.41, 5.74) is 9.45. The van der Waals surface area contributed by atoms with Crippen LogP contribution in [0, 0.1) is 6.92 Å². The summed E-state index contributed by atoms with van der Waals surface area (Å²) in [5.74, 6) is 0. The average Bonchev–Trinajstić information content (AvgIpc) is 2.27. The van der Waals surface area contributed by atoms with Crippen LogP contribution >= 0.6 is 27.5 Å². The predicted molar refractivity (Wildman–Crippen MR) is 78.0 cm³/mol. The Morgan fingerprint density at radius 2 is 1.88 bits per heavy atom. The highest BCUT2D eigenvalue weighted by Gasteiger charge is 2.04. The number of anilines is 3. The van der Waals surface area contributed by atoms with Gasteiger partial charge in [-0.3, -0.25) is 0 Å². The van der Waals surface area contributed by atoms with Crippen molar-refractivity contribution in [1.82, 2.24) is 0 Å². The van der Waals surface area contributed by atoms with E-state index in [0.717, 1.165) is 27.1 Å². The maximum atomic E-state index is 6.15. The molecule has 0 heterocycles. The molecule has 2 nitrogen and oxygen atoms in total. The molecule has 0 bridgehead atoms. The normalized spacial score (nSPS) is 10.3. The first-order valence-electron chi connectivity index (χ1n) is 5.14. The molecule has 88 valence electrons. The number of nitrogens with two attached hydrogens (primary N) is 1. The van der Waals surface area contributed by atoms with E-state index in [1.54, 1.807) is 0 Å². The van der Waals surface area contributed by atoms with Gasteiger partial charge in [-0.25, -0.2) is 0 Å². The maximum Gasteiger partial charge on any atom is 0.0652 e. The minimum Gasteiger partial charge on any atom is -0.399 e. The lowest BCUT2D eigenvalue weighted by atomic mass is 10.1. The van der Waals surface area contributed by atoms with Crippen molar-refractivity contribution in [2.75, 3.05) is 11.1 Å². The molecule has 2 rings (SSSR count). The van der Waals surface area contributed by atoms with Crippen LogP contribution in [-0.4, -0.2) is 0 Å². The molecule has 0 aliphatic heterocycles. The molecule has 0 saturated carbocycles. The van der Waals surface area contributed by atoms with Crippen molar-refractivity contribution in [1.29, 1.82) is 0 Å². The second-order valence-corrected chi connectivity index (χ2v) is 5.15. The van der Waals surface area contributed by atoms with E-state index < -0.39 is 0 Å². The Morgan fingerprint density at radius 3 is 2.59 bits per heavy atom. The van der Waals surface area contributed by atoms with Crippen LogP contribution in [0.5, 0.6) is 0 Å². The smallest absolute Gasteiger partial charge is 0.0652 e.